The topological polar surface area (TPSA) is 77.6 Å². The average molecular weight is 357 g/mol. The minimum absolute atomic E-state index is 0.0401. The van der Waals surface area contributed by atoms with Gasteiger partial charge in [0.15, 0.2) is 5.69 Å². The number of carbonyl (C=O) groups is 2. The molecule has 1 amide bonds. The Balaban J connectivity index is 1.76. The molecule has 3 rings (SSSR count). The molecule has 0 spiro atoms. The largest absolute Gasteiger partial charge is 0.469 e. The molecular formula is C19H23N3O4. The van der Waals surface area contributed by atoms with E-state index in [1.165, 1.54) is 0 Å². The zero-order chi connectivity index (χ0) is 18.5. The van der Waals surface area contributed by atoms with Gasteiger partial charge in [0.1, 0.15) is 5.76 Å². The highest BCUT2D eigenvalue weighted by Crippen LogP contribution is 2.24. The molecule has 0 atom stereocenters. The standard InChI is InChI=1S/C19H23N3O4/c1-3-10-22-16-9-11-21(17(23)8-7-14-6-5-12-26-14)13-15(16)18(20-22)19(24)25-4-2/h3,5-6,12H,1,4,7-11,13H2,2H3. The fraction of sp³-hybridized carbons (Fsp3) is 0.421. The monoisotopic (exact) mass is 357 g/mol. The number of allylic oxidation sites excluding steroid dienone is 1. The summed E-state index contributed by atoms with van der Waals surface area (Å²) in [6, 6.07) is 3.67. The molecule has 26 heavy (non-hydrogen) atoms. The summed E-state index contributed by atoms with van der Waals surface area (Å²) in [7, 11) is 0. The Kier molecular flexibility index (Phi) is 5.55. The number of aryl methyl sites for hydroxylation is 1. The molecule has 0 aliphatic carbocycles. The number of amides is 1. The number of rotatable bonds is 7. The summed E-state index contributed by atoms with van der Waals surface area (Å²) in [6.45, 7) is 7.28. The Bertz CT molecular complexity index is 792. The predicted molar refractivity (Wildman–Crippen MR) is 94.5 cm³/mol. The third kappa shape index (κ3) is 3.71. The van der Waals surface area contributed by atoms with Crippen LogP contribution in [-0.2, 0) is 35.5 Å². The van der Waals surface area contributed by atoms with Crippen LogP contribution in [0.4, 0.5) is 0 Å². The molecule has 0 bridgehead atoms. The van der Waals surface area contributed by atoms with Crippen LogP contribution in [0.2, 0.25) is 0 Å². The molecule has 7 heteroatoms. The zero-order valence-corrected chi connectivity index (χ0v) is 14.9. The molecule has 7 nitrogen and oxygen atoms in total. The number of nitrogens with zero attached hydrogens (tertiary/aromatic N) is 3. The van der Waals surface area contributed by atoms with Crippen LogP contribution in [0.5, 0.6) is 0 Å². The molecule has 0 radical (unpaired) electrons. The van der Waals surface area contributed by atoms with Crippen LogP contribution in [0, 0.1) is 0 Å². The van der Waals surface area contributed by atoms with Crippen molar-refractivity contribution < 1.29 is 18.7 Å². The van der Waals surface area contributed by atoms with E-state index in [1.54, 1.807) is 28.8 Å². The van der Waals surface area contributed by atoms with Gasteiger partial charge in [-0.05, 0) is 19.1 Å². The number of esters is 1. The molecule has 2 aromatic heterocycles. The lowest BCUT2D eigenvalue weighted by Crippen LogP contribution is -2.37. The maximum absolute atomic E-state index is 12.6. The van der Waals surface area contributed by atoms with Crippen LogP contribution in [0.3, 0.4) is 0 Å². The first-order chi connectivity index (χ1) is 12.6. The van der Waals surface area contributed by atoms with E-state index in [0.29, 0.717) is 44.6 Å². The van der Waals surface area contributed by atoms with E-state index in [4.69, 9.17) is 9.15 Å². The van der Waals surface area contributed by atoms with E-state index in [-0.39, 0.29) is 12.5 Å². The summed E-state index contributed by atoms with van der Waals surface area (Å²) in [5.41, 5.74) is 2.05. The molecule has 1 aliphatic rings. The molecule has 0 fully saturated rings. The van der Waals surface area contributed by atoms with Gasteiger partial charge in [0, 0.05) is 43.6 Å². The van der Waals surface area contributed by atoms with Crippen LogP contribution >= 0.6 is 0 Å². The highest BCUT2D eigenvalue weighted by atomic mass is 16.5. The lowest BCUT2D eigenvalue weighted by Gasteiger charge is -2.27. The van der Waals surface area contributed by atoms with Gasteiger partial charge in [0.05, 0.1) is 19.4 Å². The Morgan fingerprint density at radius 1 is 1.46 bits per heavy atom. The number of aromatic nitrogens is 2. The number of carbonyl (C=O) groups excluding carboxylic acids is 2. The second kappa shape index (κ2) is 8.03. The first kappa shape index (κ1) is 18.0. The second-order valence-electron chi connectivity index (χ2n) is 6.11. The van der Waals surface area contributed by atoms with Crippen molar-refractivity contribution in [2.45, 2.75) is 39.3 Å². The van der Waals surface area contributed by atoms with Gasteiger partial charge >= 0.3 is 5.97 Å². The fourth-order valence-electron chi connectivity index (χ4n) is 3.18. The van der Waals surface area contributed by atoms with Crippen molar-refractivity contribution in [3.63, 3.8) is 0 Å². The summed E-state index contributed by atoms with van der Waals surface area (Å²) in [5.74, 6) is 0.386. The highest BCUT2D eigenvalue weighted by molar-refractivity contribution is 5.89. The van der Waals surface area contributed by atoms with E-state index < -0.39 is 5.97 Å². The second-order valence-corrected chi connectivity index (χ2v) is 6.11. The van der Waals surface area contributed by atoms with E-state index in [0.717, 1.165) is 17.0 Å². The minimum Gasteiger partial charge on any atom is -0.469 e. The van der Waals surface area contributed by atoms with Crippen molar-refractivity contribution in [3.05, 3.63) is 53.8 Å². The molecule has 3 heterocycles. The van der Waals surface area contributed by atoms with Gasteiger partial charge in [-0.2, -0.15) is 5.10 Å². The van der Waals surface area contributed by atoms with Crippen molar-refractivity contribution in [2.75, 3.05) is 13.2 Å². The predicted octanol–water partition coefficient (Wildman–Crippen LogP) is 2.36. The van der Waals surface area contributed by atoms with Crippen LogP contribution < -0.4 is 0 Å². The zero-order valence-electron chi connectivity index (χ0n) is 14.9. The molecule has 0 saturated heterocycles. The van der Waals surface area contributed by atoms with Gasteiger partial charge in [0.25, 0.3) is 0 Å². The summed E-state index contributed by atoms with van der Waals surface area (Å²) in [4.78, 5) is 26.6. The van der Waals surface area contributed by atoms with E-state index in [9.17, 15) is 9.59 Å². The van der Waals surface area contributed by atoms with E-state index >= 15 is 0 Å². The Labute approximate surface area is 152 Å². The number of fused-ring (bicyclic) bond motifs is 1. The number of ether oxygens (including phenoxy) is 1. The number of hydrogen-bond donors (Lipinski definition) is 0. The highest BCUT2D eigenvalue weighted by Gasteiger charge is 2.30. The van der Waals surface area contributed by atoms with Gasteiger partial charge in [-0.15, -0.1) is 6.58 Å². The molecule has 1 aliphatic heterocycles. The maximum atomic E-state index is 12.6. The van der Waals surface area contributed by atoms with Crippen molar-refractivity contribution in [1.29, 1.82) is 0 Å². The van der Waals surface area contributed by atoms with E-state index in [1.807, 2.05) is 12.1 Å². The molecule has 0 aromatic carbocycles. The molecule has 138 valence electrons. The van der Waals surface area contributed by atoms with Crippen LogP contribution in [0.1, 0.15) is 40.9 Å². The molecule has 2 aromatic rings. The molecular weight excluding hydrogens is 334 g/mol. The average Bonchev–Trinajstić information content (AvgIpc) is 3.28. The Morgan fingerprint density at radius 3 is 3.00 bits per heavy atom. The first-order valence-electron chi connectivity index (χ1n) is 8.80. The van der Waals surface area contributed by atoms with Gasteiger partial charge in [0.2, 0.25) is 5.91 Å². The van der Waals surface area contributed by atoms with Crippen LogP contribution in [-0.4, -0.2) is 39.7 Å². The smallest absolute Gasteiger partial charge is 0.359 e. The number of hydrogen-bond acceptors (Lipinski definition) is 5. The Hall–Kier alpha value is -2.83. The molecule has 0 N–H and O–H groups in total. The minimum atomic E-state index is -0.448. The van der Waals surface area contributed by atoms with Gasteiger partial charge in [-0.25, -0.2) is 4.79 Å². The summed E-state index contributed by atoms with van der Waals surface area (Å²) < 4.78 is 12.2. The van der Waals surface area contributed by atoms with Gasteiger partial charge in [-0.3, -0.25) is 9.48 Å². The van der Waals surface area contributed by atoms with Crippen LogP contribution in [0.25, 0.3) is 0 Å². The van der Waals surface area contributed by atoms with Crippen molar-refractivity contribution in [3.8, 4) is 0 Å². The van der Waals surface area contributed by atoms with Crippen molar-refractivity contribution in [2.24, 2.45) is 0 Å². The quantitative estimate of drug-likeness (QED) is 0.561. The lowest BCUT2D eigenvalue weighted by molar-refractivity contribution is -0.132. The Morgan fingerprint density at radius 2 is 2.31 bits per heavy atom. The SMILES string of the molecule is C=CCn1nc(C(=O)OCC)c2c1CCN(C(=O)CCc1ccco1)C2. The summed E-state index contributed by atoms with van der Waals surface area (Å²) in [6.07, 6.45) is 4.94. The van der Waals surface area contributed by atoms with Crippen LogP contribution in [0.15, 0.2) is 35.5 Å². The fourth-order valence-corrected chi connectivity index (χ4v) is 3.18. The van der Waals surface area contributed by atoms with Crippen molar-refractivity contribution >= 4 is 11.9 Å². The van der Waals surface area contributed by atoms with E-state index in [2.05, 4.69) is 11.7 Å². The third-order valence-electron chi connectivity index (χ3n) is 4.42. The normalized spacial score (nSPS) is 13.3. The number of furan rings is 1. The molecule has 0 unspecified atom stereocenters. The van der Waals surface area contributed by atoms with Gasteiger partial charge in [-0.1, -0.05) is 6.08 Å². The van der Waals surface area contributed by atoms with Crippen molar-refractivity contribution in [1.82, 2.24) is 14.7 Å². The molecule has 0 saturated carbocycles. The summed E-state index contributed by atoms with van der Waals surface area (Å²) in [5, 5.41) is 4.40. The summed E-state index contributed by atoms with van der Waals surface area (Å²) >= 11 is 0. The third-order valence-corrected chi connectivity index (χ3v) is 4.42. The maximum Gasteiger partial charge on any atom is 0.359 e. The van der Waals surface area contributed by atoms with Gasteiger partial charge < -0.3 is 14.1 Å². The first-order valence-corrected chi connectivity index (χ1v) is 8.80. The lowest BCUT2D eigenvalue weighted by atomic mass is 10.0.